The van der Waals surface area contributed by atoms with E-state index in [0.29, 0.717) is 16.5 Å². The van der Waals surface area contributed by atoms with Gasteiger partial charge < -0.3 is 0 Å². The summed E-state index contributed by atoms with van der Waals surface area (Å²) in [5, 5.41) is 5.55. The van der Waals surface area contributed by atoms with Gasteiger partial charge in [0, 0.05) is 22.4 Å². The molecule has 120 valence electrons. The Kier molecular flexibility index (Phi) is 4.12. The molecule has 0 spiro atoms. The highest BCUT2D eigenvalue weighted by Crippen LogP contribution is 2.41. The number of halogens is 2. The molecule has 1 aliphatic rings. The first kappa shape index (κ1) is 15.8. The normalized spacial score (nSPS) is 20.0. The zero-order valence-electron chi connectivity index (χ0n) is 12.4. The van der Waals surface area contributed by atoms with E-state index >= 15 is 0 Å². The summed E-state index contributed by atoms with van der Waals surface area (Å²) in [6.07, 6.45) is 0.580. The van der Waals surface area contributed by atoms with Gasteiger partial charge in [0.15, 0.2) is 5.78 Å². The number of Topliss-reactive ketones (excluding diaryl/α,β-unsaturated/α-hetero) is 1. The average Bonchev–Trinajstić information content (AvgIpc) is 3.04. The van der Waals surface area contributed by atoms with E-state index in [0.717, 1.165) is 21.7 Å². The van der Waals surface area contributed by atoms with E-state index in [9.17, 15) is 4.79 Å². The van der Waals surface area contributed by atoms with Crippen molar-refractivity contribution in [3.05, 3.63) is 80.3 Å². The zero-order chi connectivity index (χ0) is 16.7. The second-order valence-corrected chi connectivity index (χ2v) is 7.44. The smallest absolute Gasteiger partial charge is 0.153 e. The first-order valence-corrected chi connectivity index (χ1v) is 9.02. The minimum Gasteiger partial charge on any atom is -0.298 e. The maximum absolute atomic E-state index is 13.2. The van der Waals surface area contributed by atoms with Crippen molar-refractivity contribution < 1.29 is 4.79 Å². The molecule has 1 heterocycles. The van der Waals surface area contributed by atoms with E-state index in [1.807, 2.05) is 48.5 Å². The third-order valence-electron chi connectivity index (χ3n) is 4.35. The van der Waals surface area contributed by atoms with Gasteiger partial charge in [0.05, 0.1) is 16.5 Å². The molecule has 0 fully saturated rings. The van der Waals surface area contributed by atoms with E-state index < -0.39 is 0 Å². The number of hydrogen-bond donors (Lipinski definition) is 0. The van der Waals surface area contributed by atoms with Crippen LogP contribution < -0.4 is 0 Å². The Morgan fingerprint density at radius 2 is 1.50 bits per heavy atom. The van der Waals surface area contributed by atoms with Crippen LogP contribution in [0.3, 0.4) is 0 Å². The Morgan fingerprint density at radius 1 is 0.917 bits per heavy atom. The second-order valence-electron chi connectivity index (χ2n) is 5.78. The number of hydrogen-bond acceptors (Lipinski definition) is 4. The van der Waals surface area contributed by atoms with E-state index in [-0.39, 0.29) is 17.6 Å². The molecule has 3 nitrogen and oxygen atoms in total. The lowest BCUT2D eigenvalue weighted by Crippen LogP contribution is -2.28. The molecule has 24 heavy (non-hydrogen) atoms. The van der Waals surface area contributed by atoms with Gasteiger partial charge in [-0.2, -0.15) is 0 Å². The molecule has 2 unspecified atom stereocenters. The van der Waals surface area contributed by atoms with Gasteiger partial charge in [0.1, 0.15) is 0 Å². The Morgan fingerprint density at radius 3 is 2.12 bits per heavy atom. The molecule has 2 aromatic carbocycles. The van der Waals surface area contributed by atoms with Crippen molar-refractivity contribution in [3.8, 4) is 0 Å². The van der Waals surface area contributed by atoms with E-state index in [1.54, 1.807) is 0 Å². The summed E-state index contributed by atoms with van der Waals surface area (Å²) in [7, 11) is 0. The highest BCUT2D eigenvalue weighted by Gasteiger charge is 2.39. The van der Waals surface area contributed by atoms with Gasteiger partial charge in [-0.3, -0.25) is 4.79 Å². The Labute approximate surface area is 153 Å². The first-order chi connectivity index (χ1) is 11.6. The molecule has 0 amide bonds. The summed E-state index contributed by atoms with van der Waals surface area (Å²) < 4.78 is 4.07. The Bertz CT molecular complexity index is 890. The van der Waals surface area contributed by atoms with Crippen molar-refractivity contribution in [3.63, 3.8) is 0 Å². The monoisotopic (exact) mass is 374 g/mol. The van der Waals surface area contributed by atoms with Gasteiger partial charge in [-0.25, -0.2) is 0 Å². The number of carbonyl (C=O) groups is 1. The molecule has 1 aromatic heterocycles. The van der Waals surface area contributed by atoms with Crippen molar-refractivity contribution in [2.45, 2.75) is 18.3 Å². The Hall–Kier alpha value is -1.75. The predicted octanol–water partition coefficient (Wildman–Crippen LogP) is 4.89. The standard InChI is InChI=1S/C18H12Cl2N2OS/c19-12-5-1-10(2-6-12)14-9-15-18(24-22-21-15)16(17(14)23)11-3-7-13(20)8-4-11/h1-8,14,16H,9H2. The van der Waals surface area contributed by atoms with Gasteiger partial charge in [0.2, 0.25) is 0 Å². The van der Waals surface area contributed by atoms with Crippen LogP contribution in [0, 0.1) is 0 Å². The van der Waals surface area contributed by atoms with Crippen LogP contribution in [0.1, 0.15) is 33.5 Å². The van der Waals surface area contributed by atoms with E-state index in [4.69, 9.17) is 23.2 Å². The topological polar surface area (TPSA) is 42.9 Å². The zero-order valence-corrected chi connectivity index (χ0v) is 14.8. The number of fused-ring (bicyclic) bond motifs is 1. The molecule has 4 rings (SSSR count). The van der Waals surface area contributed by atoms with Gasteiger partial charge in [0.25, 0.3) is 0 Å². The van der Waals surface area contributed by atoms with Gasteiger partial charge in [-0.15, -0.1) is 5.10 Å². The van der Waals surface area contributed by atoms with Crippen molar-refractivity contribution in [1.29, 1.82) is 0 Å². The van der Waals surface area contributed by atoms with Crippen LogP contribution in [-0.4, -0.2) is 15.4 Å². The largest absolute Gasteiger partial charge is 0.298 e. The van der Waals surface area contributed by atoms with Gasteiger partial charge in [-0.1, -0.05) is 52.0 Å². The number of nitrogens with zero attached hydrogens (tertiary/aromatic N) is 2. The third-order valence-corrected chi connectivity index (χ3v) is 5.68. The molecule has 0 saturated carbocycles. The average molecular weight is 375 g/mol. The van der Waals surface area contributed by atoms with E-state index in [1.165, 1.54) is 11.5 Å². The highest BCUT2D eigenvalue weighted by molar-refractivity contribution is 7.06. The molecule has 0 saturated heterocycles. The molecular weight excluding hydrogens is 363 g/mol. The molecular formula is C18H12Cl2N2OS. The summed E-state index contributed by atoms with van der Waals surface area (Å²) in [5.74, 6) is -0.413. The molecule has 0 aliphatic heterocycles. The van der Waals surface area contributed by atoms with Crippen LogP contribution in [0.25, 0.3) is 0 Å². The van der Waals surface area contributed by atoms with Crippen molar-refractivity contribution in [1.82, 2.24) is 9.59 Å². The lowest BCUT2D eigenvalue weighted by atomic mass is 9.76. The predicted molar refractivity (Wildman–Crippen MR) is 96.1 cm³/mol. The number of rotatable bonds is 2. The minimum absolute atomic E-state index is 0.165. The van der Waals surface area contributed by atoms with Crippen LogP contribution in [0.2, 0.25) is 10.0 Å². The molecule has 3 aromatic rings. The van der Waals surface area contributed by atoms with Crippen molar-refractivity contribution in [2.75, 3.05) is 0 Å². The lowest BCUT2D eigenvalue weighted by Gasteiger charge is -2.27. The van der Waals surface area contributed by atoms with Crippen LogP contribution in [0.5, 0.6) is 0 Å². The van der Waals surface area contributed by atoms with Crippen molar-refractivity contribution in [2.24, 2.45) is 0 Å². The Balaban J connectivity index is 1.79. The van der Waals surface area contributed by atoms with Gasteiger partial charge in [-0.05, 0) is 46.9 Å². The minimum atomic E-state index is -0.341. The lowest BCUT2D eigenvalue weighted by molar-refractivity contribution is -0.121. The molecule has 0 bridgehead atoms. The van der Waals surface area contributed by atoms with Crippen molar-refractivity contribution >= 4 is 40.5 Å². The first-order valence-electron chi connectivity index (χ1n) is 7.49. The summed E-state index contributed by atoms with van der Waals surface area (Å²) >= 11 is 13.3. The highest BCUT2D eigenvalue weighted by atomic mass is 35.5. The molecule has 0 N–H and O–H groups in total. The summed E-state index contributed by atoms with van der Waals surface area (Å²) in [6.45, 7) is 0. The quantitative estimate of drug-likeness (QED) is 0.641. The maximum atomic E-state index is 13.2. The number of carbonyl (C=O) groups excluding carboxylic acids is 1. The van der Waals surface area contributed by atoms with Gasteiger partial charge >= 0.3 is 0 Å². The molecule has 6 heteroatoms. The molecule has 2 atom stereocenters. The van der Waals surface area contributed by atoms with E-state index in [2.05, 4.69) is 9.59 Å². The van der Waals surface area contributed by atoms with Crippen LogP contribution in [-0.2, 0) is 11.2 Å². The van der Waals surface area contributed by atoms with Crippen LogP contribution in [0.15, 0.2) is 48.5 Å². The van der Waals surface area contributed by atoms with Crippen LogP contribution >= 0.6 is 34.7 Å². The fourth-order valence-corrected chi connectivity index (χ4v) is 4.22. The number of ketones is 1. The second kappa shape index (κ2) is 6.28. The maximum Gasteiger partial charge on any atom is 0.153 e. The fourth-order valence-electron chi connectivity index (χ4n) is 3.15. The number of aromatic nitrogens is 2. The summed E-state index contributed by atoms with van der Waals surface area (Å²) in [5.41, 5.74) is 2.79. The van der Waals surface area contributed by atoms with Crippen LogP contribution in [0.4, 0.5) is 0 Å². The molecule has 1 aliphatic carbocycles. The SMILES string of the molecule is O=C1C(c2ccc(Cl)cc2)Cc2nnsc2C1c1ccc(Cl)cc1. The molecule has 0 radical (unpaired) electrons. The summed E-state index contributed by atoms with van der Waals surface area (Å²) in [6, 6.07) is 14.9. The number of benzene rings is 2. The fraction of sp³-hybridized carbons (Fsp3) is 0.167. The third kappa shape index (κ3) is 2.75. The summed E-state index contributed by atoms with van der Waals surface area (Å²) in [4.78, 5) is 14.2.